The van der Waals surface area contributed by atoms with Gasteiger partial charge in [-0.3, -0.25) is 0 Å². The molecule has 0 unspecified atom stereocenters. The smallest absolute Gasteiger partial charge is 0.0931 e. The fourth-order valence-corrected chi connectivity index (χ4v) is 2.39. The van der Waals surface area contributed by atoms with Crippen LogP contribution in [-0.4, -0.2) is 32.1 Å². The summed E-state index contributed by atoms with van der Waals surface area (Å²) in [5.41, 5.74) is 0. The predicted octanol–water partition coefficient (Wildman–Crippen LogP) is 2.83. The molecule has 4 heteroatoms. The van der Waals surface area contributed by atoms with Crippen molar-refractivity contribution in [2.75, 3.05) is 27.2 Å². The minimum atomic E-state index is 0.874. The monoisotopic (exact) mass is 246 g/mol. The predicted molar refractivity (Wildman–Crippen MR) is 68.8 cm³/mol. The Morgan fingerprint density at radius 1 is 1.33 bits per heavy atom. The van der Waals surface area contributed by atoms with Crippen molar-refractivity contribution in [1.82, 2.24) is 10.2 Å². The van der Waals surface area contributed by atoms with Gasteiger partial charge in [0.25, 0.3) is 0 Å². The van der Waals surface area contributed by atoms with Gasteiger partial charge in [-0.15, -0.1) is 11.3 Å². The third kappa shape index (κ3) is 6.15. The number of unbranched alkanes of at least 4 members (excludes halogenated alkanes) is 1. The average molecular weight is 247 g/mol. The largest absolute Gasteiger partial charge is 0.312 e. The van der Waals surface area contributed by atoms with E-state index in [4.69, 9.17) is 11.6 Å². The Bertz CT molecular complexity index is 273. The van der Waals surface area contributed by atoms with Crippen LogP contribution in [0.4, 0.5) is 0 Å². The van der Waals surface area contributed by atoms with Crippen LogP contribution in [0.5, 0.6) is 0 Å². The molecule has 0 saturated heterocycles. The molecule has 1 aromatic heterocycles. The highest BCUT2D eigenvalue weighted by Crippen LogP contribution is 2.20. The molecule has 1 N–H and O–H groups in total. The number of hydrogen-bond acceptors (Lipinski definition) is 3. The van der Waals surface area contributed by atoms with Crippen LogP contribution in [0.2, 0.25) is 4.34 Å². The summed E-state index contributed by atoms with van der Waals surface area (Å²) in [6.45, 7) is 3.20. The maximum absolute atomic E-state index is 5.84. The fourth-order valence-electron chi connectivity index (χ4n) is 1.34. The zero-order chi connectivity index (χ0) is 11.1. The summed E-state index contributed by atoms with van der Waals surface area (Å²) in [6, 6.07) is 4.04. The standard InChI is InChI=1S/C11H19ClN2S/c1-14(2)8-4-3-7-13-9-10-5-6-11(12)15-10/h5-6,13H,3-4,7-9H2,1-2H3. The van der Waals surface area contributed by atoms with Crippen molar-refractivity contribution in [3.63, 3.8) is 0 Å². The van der Waals surface area contributed by atoms with E-state index in [0.29, 0.717) is 0 Å². The van der Waals surface area contributed by atoms with Gasteiger partial charge in [-0.05, 0) is 52.2 Å². The molecular weight excluding hydrogens is 228 g/mol. The first-order valence-corrected chi connectivity index (χ1v) is 6.47. The van der Waals surface area contributed by atoms with Crippen LogP contribution in [0, 0.1) is 0 Å². The summed E-state index contributed by atoms with van der Waals surface area (Å²) < 4.78 is 0.874. The summed E-state index contributed by atoms with van der Waals surface area (Å²) in [6.07, 6.45) is 2.49. The molecule has 0 atom stereocenters. The summed E-state index contributed by atoms with van der Waals surface area (Å²) in [5, 5.41) is 3.42. The Morgan fingerprint density at radius 3 is 2.73 bits per heavy atom. The molecule has 0 spiro atoms. The van der Waals surface area contributed by atoms with Crippen LogP contribution in [0.25, 0.3) is 0 Å². The van der Waals surface area contributed by atoms with Gasteiger partial charge in [0.05, 0.1) is 4.34 Å². The van der Waals surface area contributed by atoms with Gasteiger partial charge in [0, 0.05) is 11.4 Å². The second-order valence-corrected chi connectivity index (χ2v) is 5.69. The van der Waals surface area contributed by atoms with Crippen molar-refractivity contribution < 1.29 is 0 Å². The van der Waals surface area contributed by atoms with Crippen molar-refractivity contribution in [2.24, 2.45) is 0 Å². The Kier molecular flexibility index (Phi) is 6.25. The highest BCUT2D eigenvalue weighted by Gasteiger charge is 1.97. The number of rotatable bonds is 7. The molecule has 0 amide bonds. The van der Waals surface area contributed by atoms with Gasteiger partial charge in [0.15, 0.2) is 0 Å². The van der Waals surface area contributed by atoms with Crippen LogP contribution in [-0.2, 0) is 6.54 Å². The molecular formula is C11H19ClN2S. The zero-order valence-electron chi connectivity index (χ0n) is 9.42. The highest BCUT2D eigenvalue weighted by atomic mass is 35.5. The first-order chi connectivity index (χ1) is 7.18. The lowest BCUT2D eigenvalue weighted by molar-refractivity contribution is 0.392. The van der Waals surface area contributed by atoms with E-state index < -0.39 is 0 Å². The molecule has 0 aliphatic carbocycles. The molecule has 86 valence electrons. The summed E-state index contributed by atoms with van der Waals surface area (Å²) in [4.78, 5) is 3.53. The van der Waals surface area contributed by atoms with Gasteiger partial charge in [-0.1, -0.05) is 11.6 Å². The van der Waals surface area contributed by atoms with Crippen molar-refractivity contribution in [3.8, 4) is 0 Å². The summed E-state index contributed by atoms with van der Waals surface area (Å²) in [5.74, 6) is 0. The molecule has 0 aliphatic heterocycles. The molecule has 0 fully saturated rings. The highest BCUT2D eigenvalue weighted by molar-refractivity contribution is 7.16. The van der Waals surface area contributed by atoms with E-state index in [2.05, 4.69) is 30.4 Å². The van der Waals surface area contributed by atoms with Crippen molar-refractivity contribution >= 4 is 22.9 Å². The van der Waals surface area contributed by atoms with E-state index in [0.717, 1.165) is 17.4 Å². The number of hydrogen-bond donors (Lipinski definition) is 1. The Labute approximate surface area is 101 Å². The number of thiophene rings is 1. The number of nitrogens with zero attached hydrogens (tertiary/aromatic N) is 1. The maximum atomic E-state index is 5.84. The van der Waals surface area contributed by atoms with Gasteiger partial charge in [-0.25, -0.2) is 0 Å². The van der Waals surface area contributed by atoms with Gasteiger partial charge in [-0.2, -0.15) is 0 Å². The van der Waals surface area contributed by atoms with E-state index in [9.17, 15) is 0 Å². The molecule has 1 aromatic rings. The Balaban J connectivity index is 1.98. The second kappa shape index (κ2) is 7.23. The van der Waals surface area contributed by atoms with Crippen molar-refractivity contribution in [1.29, 1.82) is 0 Å². The molecule has 1 heterocycles. The fraction of sp³-hybridized carbons (Fsp3) is 0.636. The molecule has 2 nitrogen and oxygen atoms in total. The first kappa shape index (κ1) is 13.0. The molecule has 0 radical (unpaired) electrons. The first-order valence-electron chi connectivity index (χ1n) is 5.28. The Morgan fingerprint density at radius 2 is 2.13 bits per heavy atom. The van der Waals surface area contributed by atoms with Gasteiger partial charge < -0.3 is 10.2 Å². The minimum absolute atomic E-state index is 0.874. The van der Waals surface area contributed by atoms with E-state index in [1.807, 2.05) is 6.07 Å². The van der Waals surface area contributed by atoms with Crippen molar-refractivity contribution in [2.45, 2.75) is 19.4 Å². The minimum Gasteiger partial charge on any atom is -0.312 e. The maximum Gasteiger partial charge on any atom is 0.0931 e. The molecule has 0 saturated carbocycles. The molecule has 0 bridgehead atoms. The van der Waals surface area contributed by atoms with Crippen LogP contribution in [0.15, 0.2) is 12.1 Å². The SMILES string of the molecule is CN(C)CCCCNCc1ccc(Cl)s1. The Hall–Kier alpha value is -0.0900. The average Bonchev–Trinajstić information content (AvgIpc) is 2.57. The summed E-state index contributed by atoms with van der Waals surface area (Å²) >= 11 is 7.49. The van der Waals surface area contributed by atoms with Crippen LogP contribution >= 0.6 is 22.9 Å². The van der Waals surface area contributed by atoms with Gasteiger partial charge in [0.2, 0.25) is 0 Å². The van der Waals surface area contributed by atoms with Crippen LogP contribution < -0.4 is 5.32 Å². The quantitative estimate of drug-likeness (QED) is 0.745. The second-order valence-electron chi connectivity index (χ2n) is 3.89. The van der Waals surface area contributed by atoms with Crippen LogP contribution in [0.1, 0.15) is 17.7 Å². The lowest BCUT2D eigenvalue weighted by Crippen LogP contribution is -2.17. The number of nitrogens with one attached hydrogen (secondary N) is 1. The molecule has 1 rings (SSSR count). The van der Waals surface area contributed by atoms with Crippen LogP contribution in [0.3, 0.4) is 0 Å². The van der Waals surface area contributed by atoms with Gasteiger partial charge >= 0.3 is 0 Å². The third-order valence-corrected chi connectivity index (χ3v) is 3.37. The third-order valence-electron chi connectivity index (χ3n) is 2.14. The van der Waals surface area contributed by atoms with Gasteiger partial charge in [0.1, 0.15) is 0 Å². The van der Waals surface area contributed by atoms with E-state index >= 15 is 0 Å². The lowest BCUT2D eigenvalue weighted by atomic mass is 10.3. The van der Waals surface area contributed by atoms with E-state index in [1.54, 1.807) is 11.3 Å². The molecule has 0 aliphatic rings. The normalized spacial score (nSPS) is 11.2. The number of halogens is 1. The summed E-state index contributed by atoms with van der Waals surface area (Å²) in [7, 11) is 4.22. The van der Waals surface area contributed by atoms with E-state index in [1.165, 1.54) is 24.3 Å². The van der Waals surface area contributed by atoms with E-state index in [-0.39, 0.29) is 0 Å². The lowest BCUT2D eigenvalue weighted by Gasteiger charge is -2.08. The molecule has 0 aromatic carbocycles. The van der Waals surface area contributed by atoms with Crippen molar-refractivity contribution in [3.05, 3.63) is 21.3 Å². The molecule has 15 heavy (non-hydrogen) atoms. The zero-order valence-corrected chi connectivity index (χ0v) is 11.0. The topological polar surface area (TPSA) is 15.3 Å².